The zero-order valence-corrected chi connectivity index (χ0v) is 24.8. The van der Waals surface area contributed by atoms with E-state index < -0.39 is 7.60 Å². The average Bonchev–Trinajstić information content (AvgIpc) is 2.81. The fourth-order valence-electron chi connectivity index (χ4n) is 3.72. The molecule has 0 N–H and O–H groups in total. The Bertz CT molecular complexity index is 684. The van der Waals surface area contributed by atoms with E-state index in [2.05, 4.69) is 18.8 Å². The molecule has 4 nitrogen and oxygen atoms in total. The Morgan fingerprint density at radius 2 is 0.912 bits per heavy atom. The van der Waals surface area contributed by atoms with Crippen LogP contribution in [0.15, 0.2) is 0 Å². The Kier molecular flexibility index (Phi) is 18.7. The summed E-state index contributed by atoms with van der Waals surface area (Å²) < 4.78 is 25.5. The van der Waals surface area contributed by atoms with Crippen LogP contribution < -0.4 is 5.30 Å². The van der Waals surface area contributed by atoms with E-state index in [4.69, 9.17) is 55.5 Å². The van der Waals surface area contributed by atoms with E-state index in [-0.39, 0.29) is 38.9 Å². The lowest BCUT2D eigenvalue weighted by Gasteiger charge is -2.21. The summed E-state index contributed by atoms with van der Waals surface area (Å²) in [7, 11) is -3.81. The van der Waals surface area contributed by atoms with Gasteiger partial charge in [0.2, 0.25) is 0 Å². The molecule has 9 heteroatoms. The first-order valence-corrected chi connectivity index (χ1v) is 16.0. The largest absolute Gasteiger partial charge is 0.364 e. The molecule has 0 unspecified atom stereocenters. The molecule has 198 valence electrons. The van der Waals surface area contributed by atoms with Crippen LogP contribution in [0.5, 0.6) is 0 Å². The minimum Gasteiger partial charge on any atom is -0.305 e. The first kappa shape index (κ1) is 32.5. The predicted octanol–water partition coefficient (Wildman–Crippen LogP) is 10.8. The third-order valence-electron chi connectivity index (χ3n) is 5.77. The summed E-state index contributed by atoms with van der Waals surface area (Å²) in [6.07, 6.45) is 18.4. The number of aromatic nitrogens is 1. The molecule has 1 rings (SSSR count). The van der Waals surface area contributed by atoms with Gasteiger partial charge in [-0.2, -0.15) is 0 Å². The van der Waals surface area contributed by atoms with Gasteiger partial charge in [0.15, 0.2) is 0 Å². The fourth-order valence-corrected chi connectivity index (χ4v) is 6.96. The SMILES string of the molecule is CCCCCCCCCCOP(=O)(OCCCCCCCCCC)c1c(Cl)c(Cl)nc(Cl)c1Cl. The van der Waals surface area contributed by atoms with Crippen molar-refractivity contribution in [1.29, 1.82) is 0 Å². The summed E-state index contributed by atoms with van der Waals surface area (Å²) in [5.41, 5.74) is 0. The highest BCUT2D eigenvalue weighted by molar-refractivity contribution is 7.62. The molecule has 0 fully saturated rings. The molecule has 1 aromatic heterocycles. The second-order valence-corrected chi connectivity index (χ2v) is 12.2. The van der Waals surface area contributed by atoms with E-state index in [1.807, 2.05) is 0 Å². The fraction of sp³-hybridized carbons (Fsp3) is 0.800. The lowest BCUT2D eigenvalue weighted by Crippen LogP contribution is -2.16. The predicted molar refractivity (Wildman–Crippen MR) is 149 cm³/mol. The van der Waals surface area contributed by atoms with E-state index >= 15 is 0 Å². The Hall–Kier alpha value is 0.460. The number of nitrogens with zero attached hydrogens (tertiary/aromatic N) is 1. The van der Waals surface area contributed by atoms with Gasteiger partial charge in [-0.25, -0.2) is 4.98 Å². The Balaban J connectivity index is 2.63. The summed E-state index contributed by atoms with van der Waals surface area (Å²) >= 11 is 24.8. The number of pyridine rings is 1. The molecule has 0 amide bonds. The summed E-state index contributed by atoms with van der Waals surface area (Å²) in [6.45, 7) is 5.00. The molecule has 0 spiro atoms. The summed E-state index contributed by atoms with van der Waals surface area (Å²) in [5, 5.41) is -0.201. The van der Waals surface area contributed by atoms with Crippen molar-refractivity contribution < 1.29 is 13.6 Å². The molecule has 0 aliphatic rings. The highest BCUT2D eigenvalue weighted by atomic mass is 35.5. The van der Waals surface area contributed by atoms with E-state index in [9.17, 15) is 4.57 Å². The van der Waals surface area contributed by atoms with Crippen LogP contribution in [0.25, 0.3) is 0 Å². The highest BCUT2D eigenvalue weighted by Gasteiger charge is 2.35. The molecular weight excluding hydrogens is 535 g/mol. The topological polar surface area (TPSA) is 48.4 Å². The number of halogens is 4. The maximum Gasteiger partial charge on any atom is 0.364 e. The van der Waals surface area contributed by atoms with Gasteiger partial charge in [-0.1, -0.05) is 150 Å². The second-order valence-electron chi connectivity index (χ2n) is 8.78. The minimum atomic E-state index is -3.81. The molecular formula is C25H42Cl4NO3P. The van der Waals surface area contributed by atoms with Crippen LogP contribution in [0.2, 0.25) is 20.4 Å². The maximum absolute atomic E-state index is 13.8. The third kappa shape index (κ3) is 12.6. The van der Waals surface area contributed by atoms with Crippen molar-refractivity contribution in [3.05, 3.63) is 20.4 Å². The molecule has 1 aromatic rings. The summed E-state index contributed by atoms with van der Waals surface area (Å²) in [5.74, 6) is 0. The molecule has 0 radical (unpaired) electrons. The molecule has 0 aromatic carbocycles. The first-order valence-electron chi connectivity index (χ1n) is 13.0. The Morgan fingerprint density at radius 3 is 1.26 bits per heavy atom. The third-order valence-corrected chi connectivity index (χ3v) is 9.55. The van der Waals surface area contributed by atoms with Crippen LogP contribution in [0.1, 0.15) is 117 Å². The second kappa shape index (κ2) is 19.6. The van der Waals surface area contributed by atoms with Gasteiger partial charge in [0.05, 0.1) is 23.3 Å². The van der Waals surface area contributed by atoms with Crippen LogP contribution in [0.4, 0.5) is 0 Å². The van der Waals surface area contributed by atoms with Gasteiger partial charge in [0.1, 0.15) is 15.6 Å². The Labute approximate surface area is 227 Å². The first-order chi connectivity index (χ1) is 16.4. The van der Waals surface area contributed by atoms with E-state index in [0.717, 1.165) is 38.5 Å². The zero-order chi connectivity index (χ0) is 25.2. The van der Waals surface area contributed by atoms with Gasteiger partial charge in [-0.15, -0.1) is 0 Å². The average molecular weight is 577 g/mol. The van der Waals surface area contributed by atoms with Crippen molar-refractivity contribution in [1.82, 2.24) is 4.98 Å². The van der Waals surface area contributed by atoms with Crippen LogP contribution in [-0.4, -0.2) is 18.2 Å². The maximum atomic E-state index is 13.8. The molecule has 0 aliphatic heterocycles. The van der Waals surface area contributed by atoms with Crippen LogP contribution in [-0.2, 0) is 13.6 Å². The van der Waals surface area contributed by atoms with Crippen molar-refractivity contribution >= 4 is 59.3 Å². The molecule has 0 saturated heterocycles. The molecule has 0 atom stereocenters. The highest BCUT2D eigenvalue weighted by Crippen LogP contribution is 2.52. The van der Waals surface area contributed by atoms with Crippen molar-refractivity contribution in [3.8, 4) is 0 Å². The van der Waals surface area contributed by atoms with Crippen LogP contribution in [0, 0.1) is 0 Å². The summed E-state index contributed by atoms with van der Waals surface area (Å²) in [6, 6.07) is 0. The van der Waals surface area contributed by atoms with Crippen molar-refractivity contribution in [3.63, 3.8) is 0 Å². The number of hydrogen-bond acceptors (Lipinski definition) is 4. The number of unbranched alkanes of at least 4 members (excludes halogenated alkanes) is 14. The van der Waals surface area contributed by atoms with Gasteiger partial charge in [0.25, 0.3) is 0 Å². The van der Waals surface area contributed by atoms with Gasteiger partial charge in [0, 0.05) is 0 Å². The summed E-state index contributed by atoms with van der Waals surface area (Å²) in [4.78, 5) is 3.88. The monoisotopic (exact) mass is 575 g/mol. The zero-order valence-electron chi connectivity index (χ0n) is 20.9. The molecule has 34 heavy (non-hydrogen) atoms. The molecule has 1 heterocycles. The van der Waals surface area contributed by atoms with Crippen molar-refractivity contribution in [2.45, 2.75) is 117 Å². The molecule has 0 bridgehead atoms. The lowest BCUT2D eigenvalue weighted by molar-refractivity contribution is 0.206. The van der Waals surface area contributed by atoms with Crippen LogP contribution >= 0.6 is 54.0 Å². The standard InChI is InChI=1S/C25H42Cl4NO3P/c1-3-5-7-9-11-13-15-17-19-32-34(31,23-21(26)24(28)30-25(29)22(23)27)33-20-18-16-14-12-10-8-6-4-2/h3-20H2,1-2H3. The smallest absolute Gasteiger partial charge is 0.305 e. The molecule has 0 saturated carbocycles. The van der Waals surface area contributed by atoms with E-state index in [0.29, 0.717) is 0 Å². The number of hydrogen-bond donors (Lipinski definition) is 0. The lowest BCUT2D eigenvalue weighted by atomic mass is 10.1. The quantitative estimate of drug-likeness (QED) is 0.0829. The van der Waals surface area contributed by atoms with E-state index in [1.165, 1.54) is 64.2 Å². The van der Waals surface area contributed by atoms with Crippen molar-refractivity contribution in [2.24, 2.45) is 0 Å². The van der Waals surface area contributed by atoms with Crippen LogP contribution in [0.3, 0.4) is 0 Å². The van der Waals surface area contributed by atoms with Crippen molar-refractivity contribution in [2.75, 3.05) is 13.2 Å². The normalized spacial score (nSPS) is 11.9. The van der Waals surface area contributed by atoms with Gasteiger partial charge < -0.3 is 9.05 Å². The number of rotatable bonds is 21. The van der Waals surface area contributed by atoms with Gasteiger partial charge in [-0.05, 0) is 12.8 Å². The van der Waals surface area contributed by atoms with E-state index in [1.54, 1.807) is 0 Å². The Morgan fingerprint density at radius 1 is 0.588 bits per heavy atom. The van der Waals surface area contributed by atoms with Gasteiger partial charge in [-0.3, -0.25) is 4.57 Å². The molecule has 0 aliphatic carbocycles. The minimum absolute atomic E-state index is 0.0139. The van der Waals surface area contributed by atoms with Gasteiger partial charge >= 0.3 is 7.60 Å².